The molecule has 9 heteroatoms. The highest BCUT2D eigenvalue weighted by Gasteiger charge is 2.33. The van der Waals surface area contributed by atoms with Crippen LogP contribution in [0.2, 0.25) is 0 Å². The van der Waals surface area contributed by atoms with E-state index in [0.29, 0.717) is 6.07 Å². The van der Waals surface area contributed by atoms with E-state index in [1.165, 1.54) is 0 Å². The summed E-state index contributed by atoms with van der Waals surface area (Å²) in [5.41, 5.74) is -0.382. The Labute approximate surface area is 110 Å². The molecule has 0 aliphatic carbocycles. The van der Waals surface area contributed by atoms with Crippen LogP contribution in [0.15, 0.2) is 6.07 Å². The van der Waals surface area contributed by atoms with Crippen molar-refractivity contribution in [3.8, 4) is 11.5 Å². The number of hydrogen-bond donors (Lipinski definition) is 1. The van der Waals surface area contributed by atoms with Crippen LogP contribution in [-0.4, -0.2) is 29.5 Å². The van der Waals surface area contributed by atoms with Crippen molar-refractivity contribution in [2.75, 3.05) is 7.11 Å². The van der Waals surface area contributed by atoms with Gasteiger partial charge in [-0.2, -0.15) is 0 Å². The first-order chi connectivity index (χ1) is 8.76. The predicted molar refractivity (Wildman–Crippen MR) is 57.9 cm³/mol. The fraction of sp³-hybridized carbons (Fsp3) is 0.400. The lowest BCUT2D eigenvalue weighted by Crippen LogP contribution is -2.19. The van der Waals surface area contributed by atoms with Gasteiger partial charge >= 0.3 is 12.3 Å². The molecule has 1 aromatic rings. The van der Waals surface area contributed by atoms with Gasteiger partial charge in [0.2, 0.25) is 0 Å². The molecule has 0 saturated carbocycles. The Bertz CT molecular complexity index is 479. The number of rotatable bonds is 4. The molecule has 5 nitrogen and oxygen atoms in total. The number of carbonyl (C=O) groups excluding carboxylic acids is 1. The van der Waals surface area contributed by atoms with E-state index in [1.807, 2.05) is 0 Å². The largest absolute Gasteiger partial charge is 0.573 e. The molecule has 1 aromatic heterocycles. The lowest BCUT2D eigenvalue weighted by atomic mass is 10.2. The number of aromatic hydroxyl groups is 1. The fourth-order valence-corrected chi connectivity index (χ4v) is 1.41. The summed E-state index contributed by atoms with van der Waals surface area (Å²) < 4.78 is 44.3. The number of hydrogen-bond acceptors (Lipinski definition) is 5. The molecule has 1 N–H and O–H groups in total. The second-order valence-corrected chi connectivity index (χ2v) is 3.60. The van der Waals surface area contributed by atoms with Gasteiger partial charge < -0.3 is 14.6 Å². The zero-order valence-electron chi connectivity index (χ0n) is 9.62. The topological polar surface area (TPSA) is 68.7 Å². The monoisotopic (exact) mass is 299 g/mol. The van der Waals surface area contributed by atoms with Crippen LogP contribution in [0.3, 0.4) is 0 Å². The van der Waals surface area contributed by atoms with Crippen LogP contribution in [0.1, 0.15) is 11.4 Å². The molecule has 0 atom stereocenters. The van der Waals surface area contributed by atoms with Gasteiger partial charge in [0.05, 0.1) is 30.8 Å². The minimum absolute atomic E-state index is 0.142. The van der Waals surface area contributed by atoms with Crippen LogP contribution in [0.4, 0.5) is 13.2 Å². The summed E-state index contributed by atoms with van der Waals surface area (Å²) >= 11 is 5.45. The number of halogens is 4. The number of ether oxygens (including phenoxy) is 2. The Kier molecular flexibility index (Phi) is 4.82. The molecule has 0 unspecified atom stereocenters. The summed E-state index contributed by atoms with van der Waals surface area (Å²) in [7, 11) is 1.13. The Morgan fingerprint density at radius 1 is 1.47 bits per heavy atom. The van der Waals surface area contributed by atoms with E-state index in [1.54, 1.807) is 0 Å². The van der Waals surface area contributed by atoms with Crippen molar-refractivity contribution in [2.24, 2.45) is 0 Å². The van der Waals surface area contributed by atoms with Gasteiger partial charge in [-0.25, -0.2) is 4.98 Å². The van der Waals surface area contributed by atoms with Crippen LogP contribution in [0.5, 0.6) is 11.5 Å². The molecule has 0 aliphatic heterocycles. The Hall–Kier alpha value is -1.70. The van der Waals surface area contributed by atoms with E-state index in [0.717, 1.165) is 7.11 Å². The van der Waals surface area contributed by atoms with Gasteiger partial charge in [-0.3, -0.25) is 4.79 Å². The number of methoxy groups -OCH3 is 1. The number of nitrogens with zero attached hydrogens (tertiary/aromatic N) is 1. The lowest BCUT2D eigenvalue weighted by Gasteiger charge is -2.13. The van der Waals surface area contributed by atoms with Crippen molar-refractivity contribution in [3.05, 3.63) is 17.5 Å². The van der Waals surface area contributed by atoms with Crippen molar-refractivity contribution in [3.63, 3.8) is 0 Å². The minimum Gasteiger partial charge on any atom is -0.506 e. The van der Waals surface area contributed by atoms with E-state index in [2.05, 4.69) is 14.5 Å². The van der Waals surface area contributed by atoms with Crippen molar-refractivity contribution in [1.29, 1.82) is 0 Å². The molecule has 1 heterocycles. The quantitative estimate of drug-likeness (QED) is 0.681. The molecular formula is C10H9ClF3NO4. The van der Waals surface area contributed by atoms with Crippen molar-refractivity contribution in [1.82, 2.24) is 4.98 Å². The Morgan fingerprint density at radius 3 is 2.58 bits per heavy atom. The van der Waals surface area contributed by atoms with E-state index >= 15 is 0 Å². The molecule has 106 valence electrons. The van der Waals surface area contributed by atoms with E-state index < -0.39 is 30.3 Å². The van der Waals surface area contributed by atoms with Crippen LogP contribution < -0.4 is 4.74 Å². The third-order valence-corrected chi connectivity index (χ3v) is 2.26. The third kappa shape index (κ3) is 4.47. The standard InChI is InChI=1S/C10H9ClF3NO4/c1-18-9(17)2-5-7(16)3-8(6(4-11)15-5)19-10(12,13)14/h3,16H,2,4H2,1H3. The van der Waals surface area contributed by atoms with Crippen LogP contribution >= 0.6 is 11.6 Å². The molecule has 1 rings (SSSR count). The molecule has 0 saturated heterocycles. The lowest BCUT2D eigenvalue weighted by molar-refractivity contribution is -0.275. The predicted octanol–water partition coefficient (Wildman–Crippen LogP) is 2.14. The smallest absolute Gasteiger partial charge is 0.506 e. The maximum Gasteiger partial charge on any atom is 0.573 e. The average molecular weight is 300 g/mol. The molecule has 0 aliphatic rings. The van der Waals surface area contributed by atoms with Crippen molar-refractivity contribution >= 4 is 17.6 Å². The molecular weight excluding hydrogens is 291 g/mol. The van der Waals surface area contributed by atoms with Gasteiger partial charge in [0.1, 0.15) is 5.75 Å². The Balaban J connectivity index is 3.10. The SMILES string of the molecule is COC(=O)Cc1nc(CCl)c(OC(F)(F)F)cc1O. The highest BCUT2D eigenvalue weighted by Crippen LogP contribution is 2.31. The first-order valence-electron chi connectivity index (χ1n) is 4.87. The summed E-state index contributed by atoms with van der Waals surface area (Å²) in [5.74, 6) is -2.40. The highest BCUT2D eigenvalue weighted by atomic mass is 35.5. The van der Waals surface area contributed by atoms with Gasteiger partial charge in [0.15, 0.2) is 5.75 Å². The van der Waals surface area contributed by atoms with Crippen LogP contribution in [0, 0.1) is 0 Å². The first kappa shape index (κ1) is 15.4. The van der Waals surface area contributed by atoms with E-state index in [4.69, 9.17) is 11.6 Å². The molecule has 0 bridgehead atoms. The summed E-state index contributed by atoms with van der Waals surface area (Å²) in [5, 5.41) is 9.49. The number of carbonyl (C=O) groups is 1. The third-order valence-electron chi connectivity index (χ3n) is 2.01. The second-order valence-electron chi connectivity index (χ2n) is 3.33. The Morgan fingerprint density at radius 2 is 2.11 bits per heavy atom. The maximum absolute atomic E-state index is 12.1. The zero-order chi connectivity index (χ0) is 14.6. The number of alkyl halides is 4. The van der Waals surface area contributed by atoms with Gasteiger partial charge in [0, 0.05) is 6.07 Å². The van der Waals surface area contributed by atoms with Gasteiger partial charge in [-0.05, 0) is 0 Å². The van der Waals surface area contributed by atoms with Crippen molar-refractivity contribution in [2.45, 2.75) is 18.7 Å². The van der Waals surface area contributed by atoms with Crippen molar-refractivity contribution < 1.29 is 32.5 Å². The second kappa shape index (κ2) is 5.96. The minimum atomic E-state index is -4.93. The summed E-state index contributed by atoms with van der Waals surface area (Å²) in [6, 6.07) is 0.705. The van der Waals surface area contributed by atoms with Gasteiger partial charge in [-0.1, -0.05) is 0 Å². The maximum atomic E-state index is 12.1. The van der Waals surface area contributed by atoms with Gasteiger partial charge in [0.25, 0.3) is 0 Å². The molecule has 0 spiro atoms. The summed E-state index contributed by atoms with van der Waals surface area (Å²) in [6.45, 7) is 0. The van der Waals surface area contributed by atoms with Crippen LogP contribution in [-0.2, 0) is 21.8 Å². The normalized spacial score (nSPS) is 11.2. The zero-order valence-corrected chi connectivity index (χ0v) is 10.4. The first-order valence-corrected chi connectivity index (χ1v) is 5.40. The number of esters is 1. The fourth-order valence-electron chi connectivity index (χ4n) is 1.21. The number of pyridine rings is 1. The molecule has 0 amide bonds. The van der Waals surface area contributed by atoms with E-state index in [9.17, 15) is 23.1 Å². The van der Waals surface area contributed by atoms with Crippen LogP contribution in [0.25, 0.3) is 0 Å². The van der Waals surface area contributed by atoms with Gasteiger partial charge in [-0.15, -0.1) is 24.8 Å². The molecule has 0 fully saturated rings. The highest BCUT2D eigenvalue weighted by molar-refractivity contribution is 6.17. The average Bonchev–Trinajstić information content (AvgIpc) is 2.30. The summed E-state index contributed by atoms with van der Waals surface area (Å²) in [4.78, 5) is 14.7. The van der Waals surface area contributed by atoms with E-state index in [-0.39, 0.29) is 17.3 Å². The molecule has 0 aromatic carbocycles. The number of aromatic nitrogens is 1. The molecule has 19 heavy (non-hydrogen) atoms. The summed E-state index contributed by atoms with van der Waals surface area (Å²) in [6.07, 6.45) is -5.32. The molecule has 0 radical (unpaired) electrons.